The topological polar surface area (TPSA) is 83.6 Å². The van der Waals surface area contributed by atoms with Crippen molar-refractivity contribution in [3.05, 3.63) is 48.0 Å². The third-order valence-corrected chi connectivity index (χ3v) is 6.55. The summed E-state index contributed by atoms with van der Waals surface area (Å²) < 4.78 is 74.9. The first-order valence-corrected chi connectivity index (χ1v) is 10.7. The molecule has 1 atom stereocenters. The zero-order valence-electron chi connectivity index (χ0n) is 16.5. The fourth-order valence-corrected chi connectivity index (χ4v) is 4.63. The zero-order valence-corrected chi connectivity index (χ0v) is 17.3. The van der Waals surface area contributed by atoms with Crippen LogP contribution >= 0.6 is 0 Å². The number of pyridine rings is 1. The van der Waals surface area contributed by atoms with E-state index in [2.05, 4.69) is 10.3 Å². The standard InChI is InChI=1S/C19H23F3N4O3S/c1-18(19(20,21)22,25-30(27,28)14-6-4-3-5-7-14)15-8-9-16(24-17(15)29-2)26-12-10-23-11-13-26/h3-9,23,25H,10-13H2,1-2H3. The summed E-state index contributed by atoms with van der Waals surface area (Å²) in [6, 6.07) is 9.55. The van der Waals surface area contributed by atoms with Crippen molar-refractivity contribution < 1.29 is 26.3 Å². The molecule has 1 fully saturated rings. The van der Waals surface area contributed by atoms with E-state index in [1.807, 2.05) is 9.62 Å². The Bertz CT molecular complexity index is 980. The molecule has 3 rings (SSSR count). The minimum absolute atomic E-state index is 0.273. The SMILES string of the molecule is COc1nc(N2CCNCC2)ccc1C(C)(NS(=O)(=O)c1ccccc1)C(F)(F)F. The van der Waals surface area contributed by atoms with Crippen LogP contribution < -0.4 is 19.7 Å². The molecule has 0 bridgehead atoms. The van der Waals surface area contributed by atoms with Gasteiger partial charge in [0.25, 0.3) is 0 Å². The maximum Gasteiger partial charge on any atom is 0.411 e. The number of alkyl halides is 3. The van der Waals surface area contributed by atoms with Crippen molar-refractivity contribution >= 4 is 15.8 Å². The zero-order chi connectivity index (χ0) is 22.0. The lowest BCUT2D eigenvalue weighted by molar-refractivity contribution is -0.189. The maximum absolute atomic E-state index is 14.2. The van der Waals surface area contributed by atoms with Gasteiger partial charge in [-0.3, -0.25) is 0 Å². The largest absolute Gasteiger partial charge is 0.481 e. The molecular formula is C19H23F3N4O3S. The van der Waals surface area contributed by atoms with E-state index in [0.717, 1.165) is 20.0 Å². The fourth-order valence-electron chi connectivity index (χ4n) is 3.23. The van der Waals surface area contributed by atoms with Crippen LogP contribution in [-0.4, -0.2) is 52.9 Å². The monoisotopic (exact) mass is 444 g/mol. The van der Waals surface area contributed by atoms with Crippen molar-refractivity contribution in [3.63, 3.8) is 0 Å². The lowest BCUT2D eigenvalue weighted by Gasteiger charge is -2.34. The normalized spacial score (nSPS) is 17.4. The summed E-state index contributed by atoms with van der Waals surface area (Å²) in [7, 11) is -3.27. The first-order chi connectivity index (χ1) is 14.1. The Kier molecular flexibility index (Phi) is 6.25. The molecule has 30 heavy (non-hydrogen) atoms. The van der Waals surface area contributed by atoms with Gasteiger partial charge in [0.1, 0.15) is 5.82 Å². The molecule has 0 aliphatic carbocycles. The second-order valence-corrected chi connectivity index (χ2v) is 8.69. The van der Waals surface area contributed by atoms with Crippen LogP contribution in [0.15, 0.2) is 47.4 Å². The number of anilines is 1. The van der Waals surface area contributed by atoms with Gasteiger partial charge in [0.15, 0.2) is 5.54 Å². The number of hydrogen-bond acceptors (Lipinski definition) is 6. The van der Waals surface area contributed by atoms with Gasteiger partial charge >= 0.3 is 6.18 Å². The second-order valence-electron chi connectivity index (χ2n) is 7.00. The highest BCUT2D eigenvalue weighted by Crippen LogP contribution is 2.43. The van der Waals surface area contributed by atoms with Crippen molar-refractivity contribution in [3.8, 4) is 5.88 Å². The Morgan fingerprint density at radius 1 is 1.10 bits per heavy atom. The van der Waals surface area contributed by atoms with Gasteiger partial charge in [0, 0.05) is 31.7 Å². The summed E-state index contributed by atoms with van der Waals surface area (Å²) in [5.41, 5.74) is -3.38. The van der Waals surface area contributed by atoms with Crippen LogP contribution in [0.1, 0.15) is 12.5 Å². The van der Waals surface area contributed by atoms with E-state index in [-0.39, 0.29) is 10.8 Å². The summed E-state index contributed by atoms with van der Waals surface area (Å²) in [6.07, 6.45) is -4.96. The van der Waals surface area contributed by atoms with Crippen LogP contribution in [0, 0.1) is 0 Å². The summed E-state index contributed by atoms with van der Waals surface area (Å²) in [4.78, 5) is 5.88. The van der Waals surface area contributed by atoms with E-state index in [1.165, 1.54) is 43.5 Å². The number of halogens is 3. The van der Waals surface area contributed by atoms with Crippen molar-refractivity contribution in [2.24, 2.45) is 0 Å². The van der Waals surface area contributed by atoms with Gasteiger partial charge in [-0.05, 0) is 31.2 Å². The molecule has 2 heterocycles. The van der Waals surface area contributed by atoms with Crippen LogP contribution in [0.25, 0.3) is 0 Å². The smallest absolute Gasteiger partial charge is 0.411 e. The number of piperazine rings is 1. The number of nitrogens with one attached hydrogen (secondary N) is 2. The first-order valence-electron chi connectivity index (χ1n) is 9.25. The molecular weight excluding hydrogens is 421 g/mol. The summed E-state index contributed by atoms with van der Waals surface area (Å²) in [6.45, 7) is 3.50. The lowest BCUT2D eigenvalue weighted by atomic mass is 9.93. The molecule has 0 amide bonds. The molecule has 0 spiro atoms. The Hall–Kier alpha value is -2.37. The number of sulfonamides is 1. The summed E-state index contributed by atoms with van der Waals surface area (Å²) in [5, 5.41) is 3.18. The minimum Gasteiger partial charge on any atom is -0.481 e. The van der Waals surface area contributed by atoms with Crippen LogP contribution in [0.5, 0.6) is 5.88 Å². The fraction of sp³-hybridized carbons (Fsp3) is 0.421. The number of nitrogens with zero attached hydrogens (tertiary/aromatic N) is 2. The summed E-state index contributed by atoms with van der Waals surface area (Å²) in [5.74, 6) is 0.175. The summed E-state index contributed by atoms with van der Waals surface area (Å²) >= 11 is 0. The Balaban J connectivity index is 2.05. The van der Waals surface area contributed by atoms with Crippen LogP contribution in [0.3, 0.4) is 0 Å². The van der Waals surface area contributed by atoms with E-state index < -0.39 is 27.3 Å². The van der Waals surface area contributed by atoms with Crippen molar-refractivity contribution in [1.29, 1.82) is 0 Å². The van der Waals surface area contributed by atoms with Gasteiger partial charge in [-0.25, -0.2) is 8.42 Å². The first kappa shape index (κ1) is 22.3. The molecule has 1 aromatic heterocycles. The molecule has 164 valence electrons. The number of ether oxygens (including phenoxy) is 1. The van der Waals surface area contributed by atoms with Gasteiger partial charge in [-0.15, -0.1) is 0 Å². The molecule has 0 saturated carbocycles. The molecule has 1 aliphatic heterocycles. The average molecular weight is 444 g/mol. The van der Waals surface area contributed by atoms with Gasteiger partial charge in [0.05, 0.1) is 12.0 Å². The van der Waals surface area contributed by atoms with E-state index >= 15 is 0 Å². The van der Waals surface area contributed by atoms with Crippen LogP contribution in [-0.2, 0) is 15.6 Å². The Morgan fingerprint density at radius 3 is 2.30 bits per heavy atom. The van der Waals surface area contributed by atoms with Gasteiger partial charge in [0.2, 0.25) is 15.9 Å². The molecule has 1 unspecified atom stereocenters. The van der Waals surface area contributed by atoms with E-state index in [1.54, 1.807) is 6.07 Å². The predicted octanol–water partition coefficient (Wildman–Crippen LogP) is 2.26. The highest BCUT2D eigenvalue weighted by Gasteiger charge is 2.56. The van der Waals surface area contributed by atoms with Crippen LogP contribution in [0.2, 0.25) is 0 Å². The van der Waals surface area contributed by atoms with E-state index in [0.29, 0.717) is 18.9 Å². The van der Waals surface area contributed by atoms with Gasteiger partial charge in [-0.2, -0.15) is 22.9 Å². The van der Waals surface area contributed by atoms with Gasteiger partial charge in [-0.1, -0.05) is 18.2 Å². The number of aromatic nitrogens is 1. The maximum atomic E-state index is 14.2. The molecule has 1 saturated heterocycles. The van der Waals surface area contributed by atoms with Crippen molar-refractivity contribution in [1.82, 2.24) is 15.0 Å². The van der Waals surface area contributed by atoms with Crippen LogP contribution in [0.4, 0.5) is 19.0 Å². The highest BCUT2D eigenvalue weighted by molar-refractivity contribution is 7.89. The lowest BCUT2D eigenvalue weighted by Crippen LogP contribution is -2.54. The average Bonchev–Trinajstić information content (AvgIpc) is 2.73. The number of benzene rings is 1. The Morgan fingerprint density at radius 2 is 1.73 bits per heavy atom. The number of hydrogen-bond donors (Lipinski definition) is 2. The molecule has 0 radical (unpaired) electrons. The Labute approximate surface area is 173 Å². The third kappa shape index (κ3) is 4.37. The predicted molar refractivity (Wildman–Crippen MR) is 106 cm³/mol. The number of rotatable bonds is 6. The third-order valence-electron chi connectivity index (χ3n) is 4.98. The van der Waals surface area contributed by atoms with Crippen molar-refractivity contribution in [2.75, 3.05) is 38.2 Å². The highest BCUT2D eigenvalue weighted by atomic mass is 32.2. The quantitative estimate of drug-likeness (QED) is 0.711. The minimum atomic E-state index is -4.96. The molecule has 7 nitrogen and oxygen atoms in total. The molecule has 1 aromatic carbocycles. The molecule has 11 heteroatoms. The second kappa shape index (κ2) is 8.40. The van der Waals surface area contributed by atoms with E-state index in [4.69, 9.17) is 4.74 Å². The number of methoxy groups -OCH3 is 1. The van der Waals surface area contributed by atoms with E-state index in [9.17, 15) is 21.6 Å². The van der Waals surface area contributed by atoms with Gasteiger partial charge < -0.3 is 15.0 Å². The molecule has 1 aliphatic rings. The molecule has 2 aromatic rings. The van der Waals surface area contributed by atoms with Crippen molar-refractivity contribution in [2.45, 2.75) is 23.5 Å². The molecule has 2 N–H and O–H groups in total.